The summed E-state index contributed by atoms with van der Waals surface area (Å²) in [7, 11) is 0. The summed E-state index contributed by atoms with van der Waals surface area (Å²) in [5.74, 6) is 0.950. The van der Waals surface area contributed by atoms with Crippen LogP contribution in [-0.4, -0.2) is 16.2 Å². The van der Waals surface area contributed by atoms with E-state index in [-0.39, 0.29) is 6.04 Å². The molecule has 1 atom stereocenters. The molecule has 3 aromatic rings. The first-order valence-corrected chi connectivity index (χ1v) is 7.55. The predicted molar refractivity (Wildman–Crippen MR) is 84.9 cm³/mol. The number of aromatic amines is 1. The fourth-order valence-corrected chi connectivity index (χ4v) is 3.47. The highest BCUT2D eigenvalue weighted by molar-refractivity contribution is 9.10. The Kier molecular flexibility index (Phi) is 2.72. The number of nitrogens with zero attached hydrogens (tertiary/aromatic N) is 1. The summed E-state index contributed by atoms with van der Waals surface area (Å²) in [5.41, 5.74) is 3.32. The van der Waals surface area contributed by atoms with E-state index in [4.69, 9.17) is 17.0 Å². The van der Waals surface area contributed by atoms with Crippen LogP contribution in [0.3, 0.4) is 0 Å². The SMILES string of the molecule is S=c1[nH]c2cc(Br)ccc2n1C1COc2ccccc21. The molecule has 1 aliphatic heterocycles. The second-order valence-corrected chi connectivity index (χ2v) is 6.13. The number of hydrogen-bond donors (Lipinski definition) is 1. The summed E-state index contributed by atoms with van der Waals surface area (Å²) < 4.78 is 9.68. The van der Waals surface area contributed by atoms with Crippen LogP contribution in [-0.2, 0) is 0 Å². The van der Waals surface area contributed by atoms with Crippen LogP contribution in [0.4, 0.5) is 0 Å². The van der Waals surface area contributed by atoms with Crippen molar-refractivity contribution in [3.8, 4) is 5.75 Å². The molecule has 100 valence electrons. The monoisotopic (exact) mass is 346 g/mol. The number of ether oxygens (including phenoxy) is 1. The van der Waals surface area contributed by atoms with Gasteiger partial charge in [0.1, 0.15) is 12.4 Å². The van der Waals surface area contributed by atoms with Crippen LogP contribution in [0.5, 0.6) is 5.75 Å². The molecule has 0 bridgehead atoms. The first-order valence-electron chi connectivity index (χ1n) is 6.35. The van der Waals surface area contributed by atoms with Gasteiger partial charge in [0.2, 0.25) is 0 Å². The maximum absolute atomic E-state index is 5.77. The minimum absolute atomic E-state index is 0.133. The maximum Gasteiger partial charge on any atom is 0.178 e. The van der Waals surface area contributed by atoms with Crippen LogP contribution in [0.1, 0.15) is 11.6 Å². The molecule has 0 saturated heterocycles. The van der Waals surface area contributed by atoms with Crippen LogP contribution in [0.2, 0.25) is 0 Å². The maximum atomic E-state index is 5.77. The van der Waals surface area contributed by atoms with Crippen molar-refractivity contribution in [3.63, 3.8) is 0 Å². The second-order valence-electron chi connectivity index (χ2n) is 4.83. The Morgan fingerprint density at radius 1 is 1.25 bits per heavy atom. The van der Waals surface area contributed by atoms with Gasteiger partial charge in [-0.15, -0.1) is 0 Å². The van der Waals surface area contributed by atoms with Gasteiger partial charge in [-0.3, -0.25) is 0 Å². The van der Waals surface area contributed by atoms with Crippen molar-refractivity contribution in [2.45, 2.75) is 6.04 Å². The van der Waals surface area contributed by atoms with Gasteiger partial charge in [0.25, 0.3) is 0 Å². The standard InChI is InChI=1S/C15H11BrN2OS/c16-9-5-6-12-11(7-9)17-15(20)18(12)13-8-19-14-4-2-1-3-10(13)14/h1-7,13H,8H2,(H,17,20). The summed E-state index contributed by atoms with van der Waals surface area (Å²) in [5, 5.41) is 0. The number of para-hydroxylation sites is 1. The van der Waals surface area contributed by atoms with E-state index in [0.717, 1.165) is 26.0 Å². The van der Waals surface area contributed by atoms with Gasteiger partial charge in [-0.05, 0) is 36.5 Å². The molecule has 3 nitrogen and oxygen atoms in total. The quantitative estimate of drug-likeness (QED) is 0.660. The van der Waals surface area contributed by atoms with Gasteiger partial charge in [-0.1, -0.05) is 34.1 Å². The Morgan fingerprint density at radius 3 is 3.00 bits per heavy atom. The molecule has 4 rings (SSSR count). The van der Waals surface area contributed by atoms with Gasteiger partial charge < -0.3 is 14.3 Å². The van der Waals surface area contributed by atoms with E-state index >= 15 is 0 Å². The molecule has 20 heavy (non-hydrogen) atoms. The lowest BCUT2D eigenvalue weighted by atomic mass is 10.1. The van der Waals surface area contributed by atoms with E-state index in [2.05, 4.69) is 37.6 Å². The number of aromatic nitrogens is 2. The van der Waals surface area contributed by atoms with Crippen LogP contribution < -0.4 is 4.74 Å². The lowest BCUT2D eigenvalue weighted by molar-refractivity contribution is 0.318. The molecule has 5 heteroatoms. The molecule has 1 N–H and O–H groups in total. The predicted octanol–water partition coefficient (Wildman–Crippen LogP) is 4.44. The van der Waals surface area contributed by atoms with Crippen molar-refractivity contribution in [2.24, 2.45) is 0 Å². The van der Waals surface area contributed by atoms with Crippen LogP contribution >= 0.6 is 28.1 Å². The number of hydrogen-bond acceptors (Lipinski definition) is 2. The summed E-state index contributed by atoms with van der Waals surface area (Å²) in [6.07, 6.45) is 0. The summed E-state index contributed by atoms with van der Waals surface area (Å²) >= 11 is 8.99. The lowest BCUT2D eigenvalue weighted by Gasteiger charge is -2.12. The molecular weight excluding hydrogens is 336 g/mol. The van der Waals surface area contributed by atoms with Crippen LogP contribution in [0, 0.1) is 4.77 Å². The first kappa shape index (κ1) is 12.2. The lowest BCUT2D eigenvalue weighted by Crippen LogP contribution is -2.12. The average molecular weight is 347 g/mol. The third-order valence-corrected chi connectivity index (χ3v) is 4.46. The van der Waals surface area contributed by atoms with Crippen molar-refractivity contribution in [1.82, 2.24) is 9.55 Å². The van der Waals surface area contributed by atoms with Crippen LogP contribution in [0.15, 0.2) is 46.9 Å². The Bertz CT molecular complexity index is 868. The fraction of sp³-hybridized carbons (Fsp3) is 0.133. The van der Waals surface area contributed by atoms with Gasteiger partial charge in [-0.2, -0.15) is 0 Å². The van der Waals surface area contributed by atoms with Crippen molar-refractivity contribution in [1.29, 1.82) is 0 Å². The third kappa shape index (κ3) is 1.73. The molecular formula is C15H11BrN2OS. The first-order chi connectivity index (χ1) is 9.74. The number of fused-ring (bicyclic) bond motifs is 2. The number of nitrogens with one attached hydrogen (secondary N) is 1. The second kappa shape index (κ2) is 4.46. The average Bonchev–Trinajstić information content (AvgIpc) is 2.98. The summed E-state index contributed by atoms with van der Waals surface area (Å²) in [6.45, 7) is 0.622. The van der Waals surface area contributed by atoms with Gasteiger partial charge >= 0.3 is 0 Å². The molecule has 0 amide bonds. The number of benzene rings is 2. The van der Waals surface area contributed by atoms with E-state index in [1.165, 1.54) is 5.56 Å². The van der Waals surface area contributed by atoms with Crippen molar-refractivity contribution < 1.29 is 4.74 Å². The zero-order chi connectivity index (χ0) is 13.7. The topological polar surface area (TPSA) is 29.9 Å². The third-order valence-electron chi connectivity index (χ3n) is 3.66. The minimum atomic E-state index is 0.133. The molecule has 0 spiro atoms. The van der Waals surface area contributed by atoms with Gasteiger partial charge in [0.15, 0.2) is 4.77 Å². The Hall–Kier alpha value is -1.59. The smallest absolute Gasteiger partial charge is 0.178 e. The molecule has 2 aromatic carbocycles. The molecule has 0 aliphatic carbocycles. The number of imidazole rings is 1. The fourth-order valence-electron chi connectivity index (χ4n) is 2.77. The van der Waals surface area contributed by atoms with E-state index in [1.807, 2.05) is 30.3 Å². The Morgan fingerprint density at radius 2 is 2.10 bits per heavy atom. The van der Waals surface area contributed by atoms with Crippen molar-refractivity contribution >= 4 is 39.2 Å². The number of rotatable bonds is 1. The Labute approximate surface area is 129 Å². The van der Waals surface area contributed by atoms with Crippen LogP contribution in [0.25, 0.3) is 11.0 Å². The van der Waals surface area contributed by atoms with E-state index in [1.54, 1.807) is 0 Å². The van der Waals surface area contributed by atoms with Gasteiger partial charge in [-0.25, -0.2) is 0 Å². The number of halogens is 1. The van der Waals surface area contributed by atoms with E-state index < -0.39 is 0 Å². The molecule has 1 aromatic heterocycles. The highest BCUT2D eigenvalue weighted by Crippen LogP contribution is 2.36. The molecule has 2 heterocycles. The van der Waals surface area contributed by atoms with E-state index in [9.17, 15) is 0 Å². The molecule has 0 fully saturated rings. The van der Waals surface area contributed by atoms with Crippen molar-refractivity contribution in [3.05, 3.63) is 57.3 Å². The highest BCUT2D eigenvalue weighted by atomic mass is 79.9. The Balaban J connectivity index is 1.96. The number of H-pyrrole nitrogens is 1. The van der Waals surface area contributed by atoms with Gasteiger partial charge in [0, 0.05) is 10.0 Å². The van der Waals surface area contributed by atoms with E-state index in [0.29, 0.717) is 6.61 Å². The molecule has 0 radical (unpaired) electrons. The highest BCUT2D eigenvalue weighted by Gasteiger charge is 2.27. The van der Waals surface area contributed by atoms with Crippen molar-refractivity contribution in [2.75, 3.05) is 6.61 Å². The zero-order valence-corrected chi connectivity index (χ0v) is 12.9. The normalized spacial score (nSPS) is 17.1. The van der Waals surface area contributed by atoms with Gasteiger partial charge in [0.05, 0.1) is 17.1 Å². The largest absolute Gasteiger partial charge is 0.491 e. The molecule has 1 unspecified atom stereocenters. The summed E-state index contributed by atoms with van der Waals surface area (Å²) in [4.78, 5) is 3.27. The zero-order valence-electron chi connectivity index (χ0n) is 10.5. The summed E-state index contributed by atoms with van der Waals surface area (Å²) in [6, 6.07) is 14.4. The molecule has 0 saturated carbocycles. The molecule has 1 aliphatic rings. The minimum Gasteiger partial charge on any atom is -0.491 e.